The summed E-state index contributed by atoms with van der Waals surface area (Å²) in [6, 6.07) is 0. The molecule has 0 saturated carbocycles. The van der Waals surface area contributed by atoms with E-state index in [-0.39, 0.29) is 23.5 Å². The maximum atomic E-state index is 12.3. The van der Waals surface area contributed by atoms with E-state index in [1.54, 1.807) is 0 Å². The highest BCUT2D eigenvalue weighted by atomic mass is 31.3. The number of nitrogens with one attached hydrogen (secondary N) is 1. The Hall–Kier alpha value is -2.31. The zero-order valence-electron chi connectivity index (χ0n) is 20.0. The van der Waals surface area contributed by atoms with Crippen LogP contribution in [-0.2, 0) is 32.0 Å². The number of hydrogen-bond acceptors (Lipinski definition) is 16. The number of imidazole rings is 1. The third-order valence-corrected chi connectivity index (χ3v) is 8.50. The first kappa shape index (κ1) is 30.6. The molecule has 11 unspecified atom stereocenters. The smallest absolute Gasteiger partial charge is 0.388 e. The molecule has 0 radical (unpaired) electrons. The molecule has 2 aliphatic heterocycles. The van der Waals surface area contributed by atoms with Crippen LogP contribution in [0.1, 0.15) is 12.6 Å². The molecule has 0 amide bonds. The number of hydrogen-bond donors (Lipinski definition) is 9. The fourth-order valence-corrected chi connectivity index (χ4v) is 6.14. The van der Waals surface area contributed by atoms with Crippen LogP contribution in [0.15, 0.2) is 11.1 Å². The van der Waals surface area contributed by atoms with Gasteiger partial charge in [0.2, 0.25) is 5.95 Å². The number of nitrogens with two attached hydrogens (primary N) is 1. The van der Waals surface area contributed by atoms with Gasteiger partial charge in [-0.1, -0.05) is 0 Å². The molecule has 2 aromatic rings. The Kier molecular flexibility index (Phi) is 8.83. The summed E-state index contributed by atoms with van der Waals surface area (Å²) in [6.07, 6.45) is -9.63. The fraction of sp³-hybridized carbons (Fsp3) is 0.611. The molecule has 22 heteroatoms. The van der Waals surface area contributed by atoms with Crippen molar-refractivity contribution < 1.29 is 67.3 Å². The second-order valence-corrected chi connectivity index (χ2v) is 11.7. The van der Waals surface area contributed by atoms with Gasteiger partial charge in [0.15, 0.2) is 23.7 Å². The van der Waals surface area contributed by atoms with Crippen LogP contribution in [0.5, 0.6) is 0 Å². The van der Waals surface area contributed by atoms with Crippen molar-refractivity contribution in [1.82, 2.24) is 19.5 Å². The summed E-state index contributed by atoms with van der Waals surface area (Å²) in [5.41, 5.74) is 4.57. The lowest BCUT2D eigenvalue weighted by Crippen LogP contribution is -2.57. The van der Waals surface area contributed by atoms with Gasteiger partial charge >= 0.3 is 15.6 Å². The first-order valence-electron chi connectivity index (χ1n) is 11.2. The van der Waals surface area contributed by atoms with E-state index in [4.69, 9.17) is 21.6 Å². The minimum Gasteiger partial charge on any atom is -0.388 e. The van der Waals surface area contributed by atoms with Gasteiger partial charge in [0.05, 0.1) is 12.9 Å². The van der Waals surface area contributed by atoms with Gasteiger partial charge in [-0.25, -0.2) is 14.1 Å². The third kappa shape index (κ3) is 6.28. The quantitative estimate of drug-likeness (QED) is 0.0974. The predicted octanol–water partition coefficient (Wildman–Crippen LogP) is -3.60. The molecule has 222 valence electrons. The summed E-state index contributed by atoms with van der Waals surface area (Å²) in [5.74, 6) is 1.85. The highest BCUT2D eigenvalue weighted by Crippen LogP contribution is 2.61. The average Bonchev–Trinajstić information content (AvgIpc) is 3.39. The number of rotatable bonds is 9. The van der Waals surface area contributed by atoms with E-state index in [0.29, 0.717) is 0 Å². The maximum Gasteiger partial charge on any atom is 0.483 e. The number of aliphatic hydroxyl groups is 5. The first-order valence-corrected chi connectivity index (χ1v) is 14.2. The minimum absolute atomic E-state index is 0.108. The lowest BCUT2D eigenvalue weighted by Gasteiger charge is -2.39. The molecule has 0 aromatic carbocycles. The van der Waals surface area contributed by atoms with Crippen molar-refractivity contribution in [2.75, 3.05) is 12.3 Å². The Balaban J connectivity index is 1.39. The Morgan fingerprint density at radius 2 is 1.73 bits per heavy atom. The second kappa shape index (κ2) is 11.5. The van der Waals surface area contributed by atoms with Crippen molar-refractivity contribution >= 4 is 32.8 Å². The van der Waals surface area contributed by atoms with Gasteiger partial charge in [-0.2, -0.15) is 9.29 Å². The number of aliphatic hydroxyl groups excluding tert-OH is 5. The zero-order chi connectivity index (χ0) is 29.6. The Morgan fingerprint density at radius 1 is 1.05 bits per heavy atom. The number of phosphoric ester groups is 2. The molecule has 20 nitrogen and oxygen atoms in total. The van der Waals surface area contributed by atoms with Gasteiger partial charge in [0.25, 0.3) is 5.56 Å². The average molecular weight is 613 g/mol. The Morgan fingerprint density at radius 3 is 2.40 bits per heavy atom. The van der Waals surface area contributed by atoms with Crippen LogP contribution in [0.3, 0.4) is 0 Å². The summed E-state index contributed by atoms with van der Waals surface area (Å²) in [4.78, 5) is 41.8. The number of phosphoric acid groups is 2. The predicted molar refractivity (Wildman–Crippen MR) is 126 cm³/mol. The Bertz CT molecular complexity index is 1430. The van der Waals surface area contributed by atoms with Gasteiger partial charge in [-0.3, -0.25) is 23.4 Å². The summed E-state index contributed by atoms with van der Waals surface area (Å²) >= 11 is 0. The molecule has 40 heavy (non-hydrogen) atoms. The molecular weight excluding hydrogens is 588 g/mol. The molecule has 2 aliphatic rings. The number of nitrogens with zero attached hydrogens (tertiary/aromatic N) is 3. The zero-order valence-corrected chi connectivity index (χ0v) is 21.8. The number of ether oxygens (including phenoxy) is 2. The topological polar surface area (TPSA) is 311 Å². The summed E-state index contributed by atoms with van der Waals surface area (Å²) in [5, 5.41) is 50.6. The lowest BCUT2D eigenvalue weighted by molar-refractivity contribution is -0.274. The highest BCUT2D eigenvalue weighted by molar-refractivity contribution is 7.61. The molecule has 11 atom stereocenters. The number of fused-ring (bicyclic) bond motifs is 1. The normalized spacial score (nSPS) is 35.7. The van der Waals surface area contributed by atoms with Crippen LogP contribution in [-0.4, -0.2) is 110 Å². The van der Waals surface area contributed by atoms with Crippen LogP contribution in [0.25, 0.3) is 11.2 Å². The largest absolute Gasteiger partial charge is 0.483 e. The molecule has 2 saturated heterocycles. The molecule has 2 aromatic heterocycles. The van der Waals surface area contributed by atoms with Crippen LogP contribution in [0, 0.1) is 12.3 Å². The number of aromatic nitrogens is 4. The molecule has 0 aliphatic carbocycles. The van der Waals surface area contributed by atoms with Crippen molar-refractivity contribution in [3.05, 3.63) is 16.7 Å². The van der Waals surface area contributed by atoms with Crippen molar-refractivity contribution in [1.29, 1.82) is 0 Å². The molecule has 0 bridgehead atoms. The minimum atomic E-state index is -5.57. The maximum absolute atomic E-state index is 12.3. The lowest BCUT2D eigenvalue weighted by atomic mass is 9.97. The number of aromatic amines is 1. The summed E-state index contributed by atoms with van der Waals surface area (Å²) in [6.45, 7) is -0.983. The van der Waals surface area contributed by atoms with Gasteiger partial charge in [-0.05, 0) is 0 Å². The van der Waals surface area contributed by atoms with E-state index in [9.17, 15) is 49.2 Å². The molecule has 4 heterocycles. The van der Waals surface area contributed by atoms with Gasteiger partial charge < -0.3 is 50.5 Å². The van der Waals surface area contributed by atoms with Gasteiger partial charge in [-0.15, -0.1) is 12.3 Å². The summed E-state index contributed by atoms with van der Waals surface area (Å²) < 4.78 is 49.6. The van der Waals surface area contributed by atoms with E-state index in [2.05, 4.69) is 34.2 Å². The van der Waals surface area contributed by atoms with Crippen LogP contribution < -0.4 is 11.3 Å². The molecule has 10 N–H and O–H groups in total. The number of H-pyrrole nitrogens is 1. The monoisotopic (exact) mass is 613 g/mol. The molecule has 2 fully saturated rings. The van der Waals surface area contributed by atoms with Crippen LogP contribution >= 0.6 is 15.6 Å². The SMILES string of the molecule is C#CCC1OC(OP(=O)(O)OP(=O)(O)OCC2OC(n3cnc4c(=O)[nH]c(N)nc43)C(O)C2O)C(O)C(O)C1O. The fourth-order valence-electron chi connectivity index (χ4n) is 3.99. The number of terminal acetylenes is 1. The van der Waals surface area contributed by atoms with Crippen molar-refractivity contribution in [3.8, 4) is 12.3 Å². The van der Waals surface area contributed by atoms with E-state index in [0.717, 1.165) is 10.9 Å². The molecule has 4 rings (SSSR count). The van der Waals surface area contributed by atoms with Gasteiger partial charge in [0, 0.05) is 6.42 Å². The van der Waals surface area contributed by atoms with E-state index in [1.165, 1.54) is 0 Å². The molecule has 0 spiro atoms. The van der Waals surface area contributed by atoms with E-state index >= 15 is 0 Å². The van der Waals surface area contributed by atoms with Crippen molar-refractivity contribution in [2.45, 2.75) is 61.7 Å². The van der Waals surface area contributed by atoms with Crippen molar-refractivity contribution in [3.63, 3.8) is 0 Å². The molecular formula is C18H25N5O15P2. The Labute approximate surface area is 223 Å². The second-order valence-electron chi connectivity index (χ2n) is 8.66. The number of nitrogen functional groups attached to an aromatic ring is 1. The van der Waals surface area contributed by atoms with E-state index in [1.807, 2.05) is 0 Å². The van der Waals surface area contributed by atoms with Gasteiger partial charge in [0.1, 0.15) is 42.7 Å². The standard InChI is InChI=1S/C18H25N5O15P2/c1-2-3-6-9(24)11(26)13(28)17(36-6)37-40(32,33)38-39(30,31)34-4-7-10(25)12(27)16(35-7)23-5-20-8-14(23)21-18(19)22-15(8)29/h1,5-7,9-13,16-17,24-28H,3-4H2,(H,30,31)(H,32,33)(H3,19,21,22,29). The summed E-state index contributed by atoms with van der Waals surface area (Å²) in [7, 11) is -11.0. The van der Waals surface area contributed by atoms with E-state index < -0.39 is 83.1 Å². The van der Waals surface area contributed by atoms with Crippen LogP contribution in [0.2, 0.25) is 0 Å². The van der Waals surface area contributed by atoms with Crippen LogP contribution in [0.4, 0.5) is 5.95 Å². The number of anilines is 1. The third-order valence-electron chi connectivity index (χ3n) is 5.89. The highest BCUT2D eigenvalue weighted by Gasteiger charge is 2.49. The van der Waals surface area contributed by atoms with Crippen molar-refractivity contribution in [2.24, 2.45) is 0 Å². The first-order chi connectivity index (χ1) is 18.6.